The maximum atomic E-state index is 12.4. The molecule has 30 heavy (non-hydrogen) atoms. The topological polar surface area (TPSA) is 102 Å². The van der Waals surface area contributed by atoms with Gasteiger partial charge in [0.25, 0.3) is 0 Å². The quantitative estimate of drug-likeness (QED) is 0.573. The molecule has 3 rings (SSSR count). The van der Waals surface area contributed by atoms with Crippen LogP contribution in [0.15, 0.2) is 30.6 Å². The third kappa shape index (κ3) is 5.89. The molecular formula is C19H20F3N5O3. The Kier molecular flexibility index (Phi) is 6.50. The zero-order chi connectivity index (χ0) is 21.7. The Morgan fingerprint density at radius 2 is 2.13 bits per heavy atom. The van der Waals surface area contributed by atoms with Gasteiger partial charge in [-0.25, -0.2) is 4.98 Å². The number of hydrogen-bond donors (Lipinski definition) is 2. The average Bonchev–Trinajstić information content (AvgIpc) is 3.07. The summed E-state index contributed by atoms with van der Waals surface area (Å²) in [5, 5.41) is 16.5. The zero-order valence-corrected chi connectivity index (χ0v) is 16.1. The van der Waals surface area contributed by atoms with Crippen LogP contribution >= 0.6 is 0 Å². The molecule has 0 unspecified atom stereocenters. The van der Waals surface area contributed by atoms with Crippen molar-refractivity contribution in [3.8, 4) is 5.88 Å². The number of fused-ring (bicyclic) bond motifs is 1. The predicted molar refractivity (Wildman–Crippen MR) is 101 cm³/mol. The van der Waals surface area contributed by atoms with Crippen LogP contribution in [0.2, 0.25) is 0 Å². The highest BCUT2D eigenvalue weighted by Crippen LogP contribution is 2.20. The van der Waals surface area contributed by atoms with Crippen LogP contribution in [0.1, 0.15) is 17.0 Å². The van der Waals surface area contributed by atoms with Gasteiger partial charge in [-0.1, -0.05) is 0 Å². The summed E-state index contributed by atoms with van der Waals surface area (Å²) in [6.07, 6.45) is -1.14. The molecule has 1 amide bonds. The lowest BCUT2D eigenvalue weighted by Crippen LogP contribution is -2.28. The summed E-state index contributed by atoms with van der Waals surface area (Å²) >= 11 is 0. The minimum absolute atomic E-state index is 0.0346. The van der Waals surface area contributed by atoms with Gasteiger partial charge in [-0.15, -0.1) is 0 Å². The first kappa shape index (κ1) is 21.5. The minimum atomic E-state index is -4.45. The molecular weight excluding hydrogens is 403 g/mol. The largest absolute Gasteiger partial charge is 0.468 e. The van der Waals surface area contributed by atoms with Gasteiger partial charge in [0, 0.05) is 36.1 Å². The molecule has 0 aliphatic rings. The monoisotopic (exact) mass is 423 g/mol. The molecule has 0 fully saturated rings. The van der Waals surface area contributed by atoms with E-state index in [0.717, 1.165) is 0 Å². The van der Waals surface area contributed by atoms with Crippen molar-refractivity contribution in [3.05, 3.63) is 47.5 Å². The van der Waals surface area contributed by atoms with E-state index in [0.29, 0.717) is 27.9 Å². The summed E-state index contributed by atoms with van der Waals surface area (Å²) in [4.78, 5) is 20.1. The summed E-state index contributed by atoms with van der Waals surface area (Å²) in [5.41, 5.74) is 2.36. The Morgan fingerprint density at radius 1 is 1.33 bits per heavy atom. The fraction of sp³-hybridized carbons (Fsp3) is 0.368. The average molecular weight is 423 g/mol. The van der Waals surface area contributed by atoms with E-state index >= 15 is 0 Å². The molecule has 0 atom stereocenters. The molecule has 11 heteroatoms. The highest BCUT2D eigenvalue weighted by atomic mass is 19.4. The van der Waals surface area contributed by atoms with Crippen molar-refractivity contribution in [2.45, 2.75) is 26.1 Å². The Hall–Kier alpha value is -3.21. The number of aliphatic hydroxyl groups excluding tert-OH is 1. The molecule has 0 aliphatic heterocycles. The van der Waals surface area contributed by atoms with Crippen molar-refractivity contribution in [2.75, 3.05) is 19.8 Å². The Morgan fingerprint density at radius 3 is 2.87 bits per heavy atom. The van der Waals surface area contributed by atoms with Crippen LogP contribution < -0.4 is 10.1 Å². The fourth-order valence-electron chi connectivity index (χ4n) is 2.90. The second kappa shape index (κ2) is 9.08. The number of amides is 1. The van der Waals surface area contributed by atoms with Crippen LogP contribution in [0.4, 0.5) is 13.2 Å². The normalized spacial score (nSPS) is 11.6. The van der Waals surface area contributed by atoms with Gasteiger partial charge in [0.1, 0.15) is 0 Å². The number of hydrogen-bond acceptors (Lipinski definition) is 6. The minimum Gasteiger partial charge on any atom is -0.468 e. The van der Waals surface area contributed by atoms with Gasteiger partial charge in [-0.2, -0.15) is 18.3 Å². The highest BCUT2D eigenvalue weighted by molar-refractivity contribution is 5.86. The van der Waals surface area contributed by atoms with Crippen LogP contribution in [-0.4, -0.2) is 56.7 Å². The number of aliphatic hydroxyl groups is 1. The lowest BCUT2D eigenvalue weighted by molar-refractivity contribution is -0.154. The number of halogens is 3. The smallest absolute Gasteiger partial charge is 0.422 e. The molecule has 0 spiro atoms. The molecule has 0 saturated heterocycles. The third-order valence-electron chi connectivity index (χ3n) is 4.04. The second-order valence-electron chi connectivity index (χ2n) is 6.63. The number of ether oxygens (including phenoxy) is 1. The number of carbonyl (C=O) groups excluding carboxylic acids is 1. The standard InChI is InChI=1S/C19H20F3N5O3/c1-12-6-13(7-18(25-12)30-11-19(20,21)22)9-27-10-14-15(26-27)2-3-23-16(14)8-17(29)24-4-5-28/h2-3,6-7,10,28H,4-5,8-9,11H2,1H3,(H,24,29). The number of aryl methyl sites for hydroxylation is 1. The van der Waals surface area contributed by atoms with Gasteiger partial charge in [-0.05, 0) is 24.6 Å². The van der Waals surface area contributed by atoms with Gasteiger partial charge in [0.2, 0.25) is 11.8 Å². The van der Waals surface area contributed by atoms with Gasteiger partial charge in [0.05, 0.1) is 30.8 Å². The van der Waals surface area contributed by atoms with Crippen molar-refractivity contribution in [3.63, 3.8) is 0 Å². The van der Waals surface area contributed by atoms with Crippen LogP contribution in [0.3, 0.4) is 0 Å². The molecule has 3 heterocycles. The van der Waals surface area contributed by atoms with Crippen LogP contribution in [0.25, 0.3) is 10.9 Å². The molecule has 0 saturated carbocycles. The Labute approximate surface area is 169 Å². The van der Waals surface area contributed by atoms with Gasteiger partial charge in [-0.3, -0.25) is 14.5 Å². The lowest BCUT2D eigenvalue weighted by Gasteiger charge is -2.10. The molecule has 3 aromatic rings. The molecule has 160 valence electrons. The Balaban J connectivity index is 1.78. The number of pyridine rings is 2. The van der Waals surface area contributed by atoms with Gasteiger partial charge in [0.15, 0.2) is 6.61 Å². The zero-order valence-electron chi connectivity index (χ0n) is 16.1. The van der Waals surface area contributed by atoms with Crippen LogP contribution in [0, 0.1) is 6.92 Å². The third-order valence-corrected chi connectivity index (χ3v) is 4.04. The fourth-order valence-corrected chi connectivity index (χ4v) is 2.90. The predicted octanol–water partition coefficient (Wildman–Crippen LogP) is 1.78. The van der Waals surface area contributed by atoms with E-state index in [4.69, 9.17) is 9.84 Å². The second-order valence-corrected chi connectivity index (χ2v) is 6.63. The molecule has 0 aliphatic carbocycles. The summed E-state index contributed by atoms with van der Waals surface area (Å²) < 4.78 is 43.5. The van der Waals surface area contributed by atoms with Crippen molar-refractivity contribution >= 4 is 16.8 Å². The lowest BCUT2D eigenvalue weighted by atomic mass is 10.2. The van der Waals surface area contributed by atoms with Crippen molar-refractivity contribution in [1.29, 1.82) is 0 Å². The van der Waals surface area contributed by atoms with Gasteiger partial charge < -0.3 is 15.2 Å². The van der Waals surface area contributed by atoms with E-state index in [2.05, 4.69) is 20.4 Å². The Bertz CT molecular complexity index is 1040. The summed E-state index contributed by atoms with van der Waals surface area (Å²) in [5.74, 6) is -0.380. The maximum Gasteiger partial charge on any atom is 0.422 e. The number of alkyl halides is 3. The first-order valence-electron chi connectivity index (χ1n) is 9.09. The summed E-state index contributed by atoms with van der Waals surface area (Å²) in [6, 6.07) is 4.87. The number of carbonyl (C=O) groups is 1. The molecule has 0 aromatic carbocycles. The van der Waals surface area contributed by atoms with E-state index in [-0.39, 0.29) is 37.9 Å². The van der Waals surface area contributed by atoms with E-state index in [1.807, 2.05) is 0 Å². The van der Waals surface area contributed by atoms with E-state index in [1.54, 1.807) is 36.1 Å². The van der Waals surface area contributed by atoms with Gasteiger partial charge >= 0.3 is 6.18 Å². The summed E-state index contributed by atoms with van der Waals surface area (Å²) in [6.45, 7) is 0.532. The SMILES string of the molecule is Cc1cc(Cn2cc3c(CC(=O)NCCO)nccc3n2)cc(OCC(F)(F)F)n1. The number of rotatable bonds is 8. The van der Waals surface area contributed by atoms with Crippen molar-refractivity contribution < 1.29 is 27.8 Å². The van der Waals surface area contributed by atoms with E-state index < -0.39 is 12.8 Å². The molecule has 3 aromatic heterocycles. The maximum absolute atomic E-state index is 12.4. The first-order valence-corrected chi connectivity index (χ1v) is 9.09. The molecule has 2 N–H and O–H groups in total. The molecule has 0 bridgehead atoms. The van der Waals surface area contributed by atoms with Crippen molar-refractivity contribution in [2.24, 2.45) is 0 Å². The van der Waals surface area contributed by atoms with Crippen molar-refractivity contribution in [1.82, 2.24) is 25.1 Å². The van der Waals surface area contributed by atoms with Crippen LogP contribution in [0.5, 0.6) is 5.88 Å². The van der Waals surface area contributed by atoms with E-state index in [1.165, 1.54) is 6.07 Å². The molecule has 8 nitrogen and oxygen atoms in total. The number of aromatic nitrogens is 4. The first-order chi connectivity index (χ1) is 14.2. The molecule has 0 radical (unpaired) electrons. The summed E-state index contributed by atoms with van der Waals surface area (Å²) in [7, 11) is 0. The van der Waals surface area contributed by atoms with Crippen LogP contribution in [-0.2, 0) is 17.8 Å². The number of nitrogens with zero attached hydrogens (tertiary/aromatic N) is 4. The number of nitrogens with one attached hydrogen (secondary N) is 1. The van der Waals surface area contributed by atoms with E-state index in [9.17, 15) is 18.0 Å². The highest BCUT2D eigenvalue weighted by Gasteiger charge is 2.28.